The summed E-state index contributed by atoms with van der Waals surface area (Å²) in [5, 5.41) is 10.8. The second-order valence-corrected chi connectivity index (χ2v) is 11.8. The maximum Gasteiger partial charge on any atom is 0.433 e. The summed E-state index contributed by atoms with van der Waals surface area (Å²) in [4.78, 5) is 5.23. The molecule has 0 amide bonds. The molecule has 0 saturated carbocycles. The van der Waals surface area contributed by atoms with Crippen LogP contribution in [-0.4, -0.2) is 60.4 Å². The third-order valence-electron chi connectivity index (χ3n) is 6.98. The number of hydrogen-bond donors (Lipinski definition) is 1. The molecule has 2 heterocycles. The summed E-state index contributed by atoms with van der Waals surface area (Å²) in [6.45, 7) is 2.86. The fraction of sp³-hybridized carbons (Fsp3) is 0.444. The lowest BCUT2D eigenvalue weighted by molar-refractivity contribution is -0.142. The van der Waals surface area contributed by atoms with Gasteiger partial charge >= 0.3 is 12.4 Å². The summed E-state index contributed by atoms with van der Waals surface area (Å²) in [6.07, 6.45) is -9.05. The second kappa shape index (κ2) is 11.6. The van der Waals surface area contributed by atoms with Gasteiger partial charge in [-0.1, -0.05) is 36.2 Å². The van der Waals surface area contributed by atoms with Crippen LogP contribution in [0.3, 0.4) is 0 Å². The topological polar surface area (TPSA) is 73.7 Å². The molecular formula is C27H29F6N3O3S. The van der Waals surface area contributed by atoms with Gasteiger partial charge in [-0.3, -0.25) is 0 Å². The number of sulfonamides is 1. The average Bonchev–Trinajstić information content (AvgIpc) is 2.89. The van der Waals surface area contributed by atoms with Crippen LogP contribution in [0.1, 0.15) is 47.8 Å². The highest BCUT2D eigenvalue weighted by Crippen LogP contribution is 2.39. The van der Waals surface area contributed by atoms with Crippen LogP contribution >= 0.6 is 0 Å². The number of aliphatic hydroxyl groups excluding tert-OH is 1. The summed E-state index contributed by atoms with van der Waals surface area (Å²) in [7, 11) is -4.22. The molecule has 1 fully saturated rings. The third-order valence-corrected chi connectivity index (χ3v) is 8.86. The van der Waals surface area contributed by atoms with Crippen molar-refractivity contribution >= 4 is 20.9 Å². The van der Waals surface area contributed by atoms with E-state index in [4.69, 9.17) is 0 Å². The van der Waals surface area contributed by atoms with Crippen LogP contribution in [0.4, 0.5) is 26.3 Å². The van der Waals surface area contributed by atoms with Gasteiger partial charge in [0.1, 0.15) is 5.69 Å². The van der Waals surface area contributed by atoms with Crippen molar-refractivity contribution in [3.63, 3.8) is 0 Å². The zero-order chi connectivity index (χ0) is 29.3. The van der Waals surface area contributed by atoms with Crippen LogP contribution in [0.15, 0.2) is 53.4 Å². The minimum Gasteiger partial charge on any atom is -0.387 e. The minimum atomic E-state index is -5.11. The van der Waals surface area contributed by atoms with Crippen LogP contribution < -0.4 is 0 Å². The van der Waals surface area contributed by atoms with Crippen molar-refractivity contribution in [2.75, 3.05) is 32.7 Å². The van der Waals surface area contributed by atoms with Gasteiger partial charge in [-0.2, -0.15) is 30.6 Å². The molecule has 6 nitrogen and oxygen atoms in total. The first-order valence-corrected chi connectivity index (χ1v) is 14.2. The van der Waals surface area contributed by atoms with E-state index in [9.17, 15) is 39.9 Å². The molecule has 3 aromatic rings. The standard InChI is InChI=1S/C27H29F6N3O3S/c1-18-8-10-19(11-9-18)40(38,39)36(15-14-35-12-3-2-4-13-35)17-23(37)21-16-24(27(31,32)33)34-25-20(21)6-5-7-22(25)26(28,29)30/h5-11,16,23,37H,2-4,12-15,17H2,1H3. The Balaban J connectivity index is 1.76. The highest BCUT2D eigenvalue weighted by molar-refractivity contribution is 7.89. The van der Waals surface area contributed by atoms with Crippen molar-refractivity contribution in [2.45, 2.75) is 49.5 Å². The Bertz CT molecular complexity index is 1440. The molecule has 1 saturated heterocycles. The molecule has 0 spiro atoms. The molecule has 13 heteroatoms. The predicted molar refractivity (Wildman–Crippen MR) is 137 cm³/mol. The van der Waals surface area contributed by atoms with E-state index in [1.54, 1.807) is 19.1 Å². The van der Waals surface area contributed by atoms with Crippen molar-refractivity contribution in [3.8, 4) is 0 Å². The highest BCUT2D eigenvalue weighted by atomic mass is 32.2. The van der Waals surface area contributed by atoms with Crippen LogP contribution in [-0.2, 0) is 22.4 Å². The quantitative estimate of drug-likeness (QED) is 0.337. The lowest BCUT2D eigenvalue weighted by Crippen LogP contribution is -2.42. The van der Waals surface area contributed by atoms with Crippen molar-refractivity contribution in [1.29, 1.82) is 0 Å². The van der Waals surface area contributed by atoms with Crippen LogP contribution in [0, 0.1) is 6.92 Å². The number of benzene rings is 2. The summed E-state index contributed by atoms with van der Waals surface area (Å²) in [5.41, 5.74) is -3.67. The number of halogens is 6. The summed E-state index contributed by atoms with van der Waals surface area (Å²) in [6, 6.07) is 9.20. The lowest BCUT2D eigenvalue weighted by Gasteiger charge is -2.31. The lowest BCUT2D eigenvalue weighted by atomic mass is 9.99. The molecule has 0 bridgehead atoms. The van der Waals surface area contributed by atoms with E-state index in [0.717, 1.165) is 54.4 Å². The normalized spacial score (nSPS) is 16.5. The van der Waals surface area contributed by atoms with Crippen LogP contribution in [0.5, 0.6) is 0 Å². The molecule has 1 atom stereocenters. The Morgan fingerprint density at radius 2 is 1.62 bits per heavy atom. The number of nitrogens with zero attached hydrogens (tertiary/aromatic N) is 3. The molecule has 1 aliphatic rings. The molecule has 4 rings (SSSR count). The first-order chi connectivity index (χ1) is 18.7. The number of rotatable bonds is 8. The van der Waals surface area contributed by atoms with Gasteiger partial charge in [-0.15, -0.1) is 0 Å². The molecule has 40 heavy (non-hydrogen) atoms. The van der Waals surface area contributed by atoms with Crippen molar-refractivity contribution in [2.24, 2.45) is 0 Å². The first kappa shape index (κ1) is 30.2. The largest absolute Gasteiger partial charge is 0.433 e. The summed E-state index contributed by atoms with van der Waals surface area (Å²) in [5.74, 6) is 0. The van der Waals surface area contributed by atoms with Gasteiger partial charge in [-0.05, 0) is 62.7 Å². The summed E-state index contributed by atoms with van der Waals surface area (Å²) < 4.78 is 110. The fourth-order valence-electron chi connectivity index (χ4n) is 4.82. The Labute approximate surface area is 228 Å². The highest BCUT2D eigenvalue weighted by Gasteiger charge is 2.38. The van der Waals surface area contributed by atoms with Gasteiger partial charge in [0.25, 0.3) is 0 Å². The molecule has 1 aliphatic heterocycles. The minimum absolute atomic E-state index is 0.0705. The smallest absolute Gasteiger partial charge is 0.387 e. The number of alkyl halides is 6. The molecule has 1 unspecified atom stereocenters. The maximum absolute atomic E-state index is 13.7. The molecule has 218 valence electrons. The Morgan fingerprint density at radius 1 is 0.975 bits per heavy atom. The van der Waals surface area contributed by atoms with Crippen molar-refractivity contribution in [3.05, 3.63) is 70.9 Å². The van der Waals surface area contributed by atoms with E-state index >= 15 is 0 Å². The molecule has 0 radical (unpaired) electrons. The summed E-state index contributed by atoms with van der Waals surface area (Å²) >= 11 is 0. The van der Waals surface area contributed by atoms with Crippen molar-refractivity contribution in [1.82, 2.24) is 14.2 Å². The molecule has 1 N–H and O–H groups in total. The van der Waals surface area contributed by atoms with Gasteiger partial charge in [0.15, 0.2) is 0 Å². The molecule has 0 aliphatic carbocycles. The number of aromatic nitrogens is 1. The zero-order valence-corrected chi connectivity index (χ0v) is 22.5. The number of aryl methyl sites for hydroxylation is 1. The molecular weight excluding hydrogens is 560 g/mol. The maximum atomic E-state index is 13.7. The fourth-order valence-corrected chi connectivity index (χ4v) is 6.26. The van der Waals surface area contributed by atoms with E-state index in [1.807, 2.05) is 0 Å². The SMILES string of the molecule is Cc1ccc(S(=O)(=O)N(CCN2CCCCC2)CC(O)c2cc(C(F)(F)F)nc3c(C(F)(F)F)cccc23)cc1. The van der Waals surface area contributed by atoms with Crippen LogP contribution in [0.25, 0.3) is 10.9 Å². The molecule has 1 aromatic heterocycles. The van der Waals surface area contributed by atoms with E-state index in [2.05, 4.69) is 9.88 Å². The van der Waals surface area contributed by atoms with Gasteiger partial charge in [-0.25, -0.2) is 13.4 Å². The van der Waals surface area contributed by atoms with Crippen LogP contribution in [0.2, 0.25) is 0 Å². The number of hydrogen-bond acceptors (Lipinski definition) is 5. The number of para-hydroxylation sites is 1. The van der Waals surface area contributed by atoms with Gasteiger partial charge < -0.3 is 10.0 Å². The molecule has 2 aromatic carbocycles. The van der Waals surface area contributed by atoms with Gasteiger partial charge in [0, 0.05) is 25.0 Å². The zero-order valence-electron chi connectivity index (χ0n) is 21.6. The number of piperidine rings is 1. The van der Waals surface area contributed by atoms with E-state index < -0.39 is 57.4 Å². The number of aliphatic hydroxyl groups is 1. The second-order valence-electron chi connectivity index (χ2n) is 9.89. The Hall–Kier alpha value is -2.74. The number of likely N-dealkylation sites (tertiary alicyclic amines) is 1. The van der Waals surface area contributed by atoms with Crippen molar-refractivity contribution < 1.29 is 39.9 Å². The average molecular weight is 590 g/mol. The van der Waals surface area contributed by atoms with E-state index in [0.29, 0.717) is 18.7 Å². The van der Waals surface area contributed by atoms with E-state index in [1.165, 1.54) is 12.1 Å². The Kier molecular flexibility index (Phi) is 8.79. The third kappa shape index (κ3) is 6.76. The van der Waals surface area contributed by atoms with Gasteiger partial charge in [0.2, 0.25) is 10.0 Å². The number of pyridine rings is 1. The Morgan fingerprint density at radius 3 is 2.23 bits per heavy atom. The first-order valence-electron chi connectivity index (χ1n) is 12.7. The number of fused-ring (bicyclic) bond motifs is 1. The predicted octanol–water partition coefficient (Wildman–Crippen LogP) is 5.79. The van der Waals surface area contributed by atoms with E-state index in [-0.39, 0.29) is 16.8 Å². The monoisotopic (exact) mass is 589 g/mol. The van der Waals surface area contributed by atoms with Gasteiger partial charge in [0.05, 0.1) is 22.1 Å².